The Kier molecular flexibility index (Phi) is 8.13. The Bertz CT molecular complexity index is 1650. The molecule has 0 aliphatic heterocycles. The van der Waals surface area contributed by atoms with Gasteiger partial charge in [-0.15, -0.1) is 0 Å². The lowest BCUT2D eigenvalue weighted by Gasteiger charge is -2.11. The van der Waals surface area contributed by atoms with Crippen LogP contribution in [0.5, 0.6) is 0 Å². The second-order valence-electron chi connectivity index (χ2n) is 9.14. The Morgan fingerprint density at radius 3 is 2.38 bits per heavy atom. The first-order chi connectivity index (χ1) is 19.5. The molecule has 5 aromatic rings. The molecule has 3 aromatic carbocycles. The van der Waals surface area contributed by atoms with E-state index in [0.29, 0.717) is 21.8 Å². The Labute approximate surface area is 237 Å². The molecule has 0 atom stereocenters. The fourth-order valence-corrected chi connectivity index (χ4v) is 4.16. The van der Waals surface area contributed by atoms with Gasteiger partial charge in [0.1, 0.15) is 11.4 Å². The normalized spacial score (nSPS) is 11.2. The van der Waals surface area contributed by atoms with Crippen LogP contribution in [-0.2, 0) is 11.3 Å². The number of hydrogen-bond acceptors (Lipinski definition) is 4. The number of benzene rings is 3. The van der Waals surface area contributed by atoms with Gasteiger partial charge in [0.2, 0.25) is 0 Å². The molecule has 0 radical (unpaired) electrons. The summed E-state index contributed by atoms with van der Waals surface area (Å²) in [6.07, 6.45) is 6.81. The quantitative estimate of drug-likeness (QED) is 0.234. The average molecular weight is 548 g/mol. The van der Waals surface area contributed by atoms with E-state index in [1.165, 1.54) is 0 Å². The monoisotopic (exact) mass is 547 g/mol. The molecule has 0 fully saturated rings. The minimum atomic E-state index is -0.446. The van der Waals surface area contributed by atoms with E-state index in [-0.39, 0.29) is 12.2 Å². The summed E-state index contributed by atoms with van der Waals surface area (Å²) in [5.74, 6) is -0.842. The van der Waals surface area contributed by atoms with Crippen molar-refractivity contribution in [3.05, 3.63) is 143 Å². The number of para-hydroxylation sites is 1. The molecule has 5 rings (SSSR count). The Hall–Kier alpha value is -5.01. The number of carbonyl (C=O) groups excluding carboxylic acids is 2. The largest absolute Gasteiger partial charge is 0.347 e. The highest BCUT2D eigenvalue weighted by Gasteiger charge is 2.18. The molecule has 0 aliphatic carbocycles. The van der Waals surface area contributed by atoms with Gasteiger partial charge >= 0.3 is 0 Å². The molecule has 0 aliphatic rings. The second kappa shape index (κ2) is 12.2. The van der Waals surface area contributed by atoms with Gasteiger partial charge in [0.25, 0.3) is 11.8 Å². The van der Waals surface area contributed by atoms with E-state index < -0.39 is 11.8 Å². The third kappa shape index (κ3) is 6.51. The van der Waals surface area contributed by atoms with Crippen LogP contribution in [-0.4, -0.2) is 26.6 Å². The maximum Gasteiger partial charge on any atom is 0.268 e. The van der Waals surface area contributed by atoms with Crippen LogP contribution in [0.1, 0.15) is 27.0 Å². The number of rotatable bonds is 8. The summed E-state index contributed by atoms with van der Waals surface area (Å²) >= 11 is 6.13. The first-order valence-corrected chi connectivity index (χ1v) is 13.0. The molecule has 40 heavy (non-hydrogen) atoms. The van der Waals surface area contributed by atoms with Crippen molar-refractivity contribution in [1.29, 1.82) is 0 Å². The number of pyridine rings is 1. The van der Waals surface area contributed by atoms with Gasteiger partial charge in [-0.05, 0) is 61.0 Å². The lowest BCUT2D eigenvalue weighted by atomic mass is 10.1. The van der Waals surface area contributed by atoms with Gasteiger partial charge in [-0.25, -0.2) is 4.68 Å². The van der Waals surface area contributed by atoms with Crippen molar-refractivity contribution in [2.75, 3.05) is 0 Å². The zero-order valence-electron chi connectivity index (χ0n) is 21.7. The highest BCUT2D eigenvalue weighted by Crippen LogP contribution is 2.27. The zero-order valence-corrected chi connectivity index (χ0v) is 22.5. The van der Waals surface area contributed by atoms with Crippen LogP contribution in [0.3, 0.4) is 0 Å². The van der Waals surface area contributed by atoms with E-state index >= 15 is 0 Å². The Balaban J connectivity index is 1.55. The number of aromatic nitrogens is 3. The lowest BCUT2D eigenvalue weighted by molar-refractivity contribution is -0.117. The molecule has 8 heteroatoms. The van der Waals surface area contributed by atoms with Crippen LogP contribution < -0.4 is 10.6 Å². The summed E-state index contributed by atoms with van der Waals surface area (Å²) in [6.45, 7) is 2.19. The SMILES string of the molecule is Cc1ccc(C(=O)N/C(=C\c2cn(-c3ccccc3)nc2-c2ccc(Cl)cc2)C(=O)NCc2cccnc2)cc1. The standard InChI is InChI=1S/C32H26ClN5O2/c1-22-9-11-25(12-10-22)31(39)36-29(32(40)35-20-23-6-5-17-34-19-23)18-26-21-38(28-7-3-2-4-8-28)37-30(26)24-13-15-27(33)16-14-24/h2-19,21H,20H2,1H3,(H,35,40)(H,36,39)/b29-18-. The molecule has 0 saturated heterocycles. The van der Waals surface area contributed by atoms with E-state index in [0.717, 1.165) is 22.4 Å². The van der Waals surface area contributed by atoms with E-state index in [2.05, 4.69) is 15.6 Å². The summed E-state index contributed by atoms with van der Waals surface area (Å²) in [6, 6.07) is 27.8. The van der Waals surface area contributed by atoms with Crippen LogP contribution in [0.15, 0.2) is 115 Å². The Morgan fingerprint density at radius 2 is 1.68 bits per heavy atom. The molecule has 0 saturated carbocycles. The van der Waals surface area contributed by atoms with Crippen LogP contribution in [0.25, 0.3) is 23.0 Å². The molecular formula is C32H26ClN5O2. The topological polar surface area (TPSA) is 88.9 Å². The fraction of sp³-hybridized carbons (Fsp3) is 0.0625. The van der Waals surface area contributed by atoms with Crippen molar-refractivity contribution in [3.63, 3.8) is 0 Å². The molecule has 2 N–H and O–H groups in total. The molecule has 0 spiro atoms. The Morgan fingerprint density at radius 1 is 0.925 bits per heavy atom. The maximum atomic E-state index is 13.5. The first kappa shape index (κ1) is 26.6. The summed E-state index contributed by atoms with van der Waals surface area (Å²) < 4.78 is 1.74. The molecular weight excluding hydrogens is 522 g/mol. The lowest BCUT2D eigenvalue weighted by Crippen LogP contribution is -2.34. The molecule has 198 valence electrons. The number of amides is 2. The summed E-state index contributed by atoms with van der Waals surface area (Å²) in [5, 5.41) is 11.1. The van der Waals surface area contributed by atoms with Gasteiger partial charge in [0.15, 0.2) is 0 Å². The van der Waals surface area contributed by atoms with Crippen molar-refractivity contribution in [1.82, 2.24) is 25.4 Å². The van der Waals surface area contributed by atoms with Gasteiger partial charge in [-0.2, -0.15) is 5.10 Å². The van der Waals surface area contributed by atoms with Crippen molar-refractivity contribution in [2.24, 2.45) is 0 Å². The van der Waals surface area contributed by atoms with Gasteiger partial charge in [0.05, 0.1) is 5.69 Å². The maximum absolute atomic E-state index is 13.5. The third-order valence-electron chi connectivity index (χ3n) is 6.16. The minimum absolute atomic E-state index is 0.0808. The summed E-state index contributed by atoms with van der Waals surface area (Å²) in [4.78, 5) is 30.7. The van der Waals surface area contributed by atoms with E-state index in [4.69, 9.17) is 16.7 Å². The molecule has 0 unspecified atom stereocenters. The molecule has 0 bridgehead atoms. The van der Waals surface area contributed by atoms with Gasteiger partial charge in [-0.1, -0.05) is 65.7 Å². The second-order valence-corrected chi connectivity index (χ2v) is 9.58. The molecule has 2 heterocycles. The van der Waals surface area contributed by atoms with E-state index in [9.17, 15) is 9.59 Å². The van der Waals surface area contributed by atoms with Crippen LogP contribution in [0.2, 0.25) is 5.02 Å². The first-order valence-electron chi connectivity index (χ1n) is 12.6. The number of aryl methyl sites for hydroxylation is 1. The number of hydrogen-bond donors (Lipinski definition) is 2. The van der Waals surface area contributed by atoms with Gasteiger partial charge in [0, 0.05) is 46.8 Å². The number of halogens is 1. The molecule has 2 amide bonds. The van der Waals surface area contributed by atoms with Crippen molar-refractivity contribution in [3.8, 4) is 16.9 Å². The van der Waals surface area contributed by atoms with Crippen LogP contribution >= 0.6 is 11.6 Å². The third-order valence-corrected chi connectivity index (χ3v) is 6.42. The van der Waals surface area contributed by atoms with E-state index in [1.807, 2.05) is 73.8 Å². The zero-order chi connectivity index (χ0) is 27.9. The number of nitrogens with zero attached hydrogens (tertiary/aromatic N) is 3. The van der Waals surface area contributed by atoms with Crippen molar-refractivity contribution >= 4 is 29.5 Å². The highest BCUT2D eigenvalue weighted by molar-refractivity contribution is 6.30. The summed E-state index contributed by atoms with van der Waals surface area (Å²) in [7, 11) is 0. The van der Waals surface area contributed by atoms with Gasteiger partial charge in [-0.3, -0.25) is 14.6 Å². The predicted molar refractivity (Wildman–Crippen MR) is 157 cm³/mol. The molecule has 7 nitrogen and oxygen atoms in total. The summed E-state index contributed by atoms with van der Waals surface area (Å²) in [5.41, 5.74) is 5.31. The highest BCUT2D eigenvalue weighted by atomic mass is 35.5. The number of carbonyl (C=O) groups is 2. The van der Waals surface area contributed by atoms with E-state index in [1.54, 1.807) is 53.5 Å². The fourth-order valence-electron chi connectivity index (χ4n) is 4.03. The van der Waals surface area contributed by atoms with Crippen LogP contribution in [0, 0.1) is 6.92 Å². The predicted octanol–water partition coefficient (Wildman–Crippen LogP) is 5.98. The smallest absolute Gasteiger partial charge is 0.268 e. The van der Waals surface area contributed by atoms with Gasteiger partial charge < -0.3 is 10.6 Å². The molecule has 2 aromatic heterocycles. The number of nitrogens with one attached hydrogen (secondary N) is 2. The van der Waals surface area contributed by atoms with Crippen molar-refractivity contribution in [2.45, 2.75) is 13.5 Å². The van der Waals surface area contributed by atoms with Crippen LogP contribution in [0.4, 0.5) is 0 Å². The van der Waals surface area contributed by atoms with Crippen molar-refractivity contribution < 1.29 is 9.59 Å². The average Bonchev–Trinajstić information content (AvgIpc) is 3.41. The minimum Gasteiger partial charge on any atom is -0.347 e.